The minimum absolute atomic E-state index is 0.424. The van der Waals surface area contributed by atoms with Crippen molar-refractivity contribution in [1.29, 1.82) is 0 Å². The van der Waals surface area contributed by atoms with Gasteiger partial charge in [0.25, 0.3) is 0 Å². The van der Waals surface area contributed by atoms with E-state index in [1.54, 1.807) is 17.8 Å². The lowest BCUT2D eigenvalue weighted by Crippen LogP contribution is -2.09. The topological polar surface area (TPSA) is 60.2 Å². The Bertz CT molecular complexity index is 519. The van der Waals surface area contributed by atoms with Crippen LogP contribution in [-0.4, -0.2) is 11.2 Å². The van der Waals surface area contributed by atoms with Gasteiger partial charge in [0.2, 0.25) is 0 Å². The van der Waals surface area contributed by atoms with E-state index in [0.29, 0.717) is 12.4 Å². The summed E-state index contributed by atoms with van der Waals surface area (Å²) in [4.78, 5) is 5.41. The van der Waals surface area contributed by atoms with E-state index in [1.807, 2.05) is 42.7 Å². The number of rotatable bonds is 5. The molecular formula is C13H15N3OS. The number of hydrogen-bond donors (Lipinski definition) is 2. The monoisotopic (exact) mass is 261 g/mol. The van der Waals surface area contributed by atoms with Crippen LogP contribution in [0.15, 0.2) is 47.4 Å². The molecule has 0 saturated carbocycles. The highest BCUT2D eigenvalue weighted by molar-refractivity contribution is 7.98. The van der Waals surface area contributed by atoms with Crippen LogP contribution < -0.4 is 16.0 Å². The van der Waals surface area contributed by atoms with Gasteiger partial charge in [-0.05, 0) is 30.5 Å². The van der Waals surface area contributed by atoms with E-state index in [1.165, 1.54) is 0 Å². The van der Waals surface area contributed by atoms with Crippen LogP contribution in [0.4, 0.5) is 5.82 Å². The first-order valence-corrected chi connectivity index (χ1v) is 6.74. The number of para-hydroxylation sites is 1. The Labute approximate surface area is 111 Å². The Balaban J connectivity index is 2.06. The summed E-state index contributed by atoms with van der Waals surface area (Å²) < 4.78 is 5.76. The fraction of sp³-hybridized carbons (Fsp3) is 0.154. The Morgan fingerprint density at radius 2 is 2.06 bits per heavy atom. The number of ether oxygens (including phenoxy) is 1. The second-order valence-electron chi connectivity index (χ2n) is 3.60. The molecule has 0 radical (unpaired) electrons. The third-order valence-corrected chi connectivity index (χ3v) is 3.18. The first-order chi connectivity index (χ1) is 8.83. The number of hydrazine groups is 1. The van der Waals surface area contributed by atoms with E-state index in [-0.39, 0.29) is 0 Å². The van der Waals surface area contributed by atoms with Crippen LogP contribution in [0.25, 0.3) is 0 Å². The standard InChI is InChI=1S/C13H15N3OS/c1-18-12-7-3-2-6-11(12)17-9-10-5-4-8-13(15-10)16-14/h2-8H,9,14H2,1H3,(H,15,16). The van der Waals surface area contributed by atoms with Crippen LogP contribution in [0.3, 0.4) is 0 Å². The van der Waals surface area contributed by atoms with E-state index >= 15 is 0 Å². The summed E-state index contributed by atoms with van der Waals surface area (Å²) in [5.74, 6) is 6.82. The van der Waals surface area contributed by atoms with Crippen LogP contribution in [0.1, 0.15) is 5.69 Å². The molecule has 1 aromatic carbocycles. The molecule has 0 amide bonds. The molecule has 4 nitrogen and oxygen atoms in total. The molecule has 0 saturated heterocycles. The molecule has 0 fully saturated rings. The van der Waals surface area contributed by atoms with E-state index in [4.69, 9.17) is 10.6 Å². The zero-order valence-electron chi connectivity index (χ0n) is 10.1. The van der Waals surface area contributed by atoms with Crippen molar-refractivity contribution in [3.05, 3.63) is 48.2 Å². The number of benzene rings is 1. The summed E-state index contributed by atoms with van der Waals surface area (Å²) >= 11 is 1.66. The molecule has 0 bridgehead atoms. The van der Waals surface area contributed by atoms with Gasteiger partial charge in [-0.25, -0.2) is 10.8 Å². The fourth-order valence-corrected chi connectivity index (χ4v) is 2.07. The number of nitrogens with two attached hydrogens (primary N) is 1. The maximum absolute atomic E-state index is 5.76. The Kier molecular flexibility index (Phi) is 4.44. The SMILES string of the molecule is CSc1ccccc1OCc1cccc(NN)n1. The molecule has 1 heterocycles. The lowest BCUT2D eigenvalue weighted by atomic mass is 10.3. The van der Waals surface area contributed by atoms with Crippen molar-refractivity contribution in [2.45, 2.75) is 11.5 Å². The molecular weight excluding hydrogens is 246 g/mol. The van der Waals surface area contributed by atoms with E-state index < -0.39 is 0 Å². The molecule has 1 aromatic heterocycles. The minimum Gasteiger partial charge on any atom is -0.486 e. The molecule has 2 aromatic rings. The van der Waals surface area contributed by atoms with Gasteiger partial charge < -0.3 is 10.2 Å². The summed E-state index contributed by atoms with van der Waals surface area (Å²) in [5, 5.41) is 0. The lowest BCUT2D eigenvalue weighted by molar-refractivity contribution is 0.294. The molecule has 0 aliphatic carbocycles. The summed E-state index contributed by atoms with van der Waals surface area (Å²) in [6.07, 6.45) is 2.03. The van der Waals surface area contributed by atoms with E-state index in [2.05, 4.69) is 10.4 Å². The second kappa shape index (κ2) is 6.28. The molecule has 0 unspecified atom stereocenters. The highest BCUT2D eigenvalue weighted by Gasteiger charge is 2.03. The average molecular weight is 261 g/mol. The van der Waals surface area contributed by atoms with Gasteiger partial charge in [0, 0.05) is 4.90 Å². The largest absolute Gasteiger partial charge is 0.486 e. The highest BCUT2D eigenvalue weighted by Crippen LogP contribution is 2.27. The maximum atomic E-state index is 5.76. The average Bonchev–Trinajstić information content (AvgIpc) is 2.45. The molecule has 0 spiro atoms. The number of aromatic nitrogens is 1. The van der Waals surface area contributed by atoms with Crippen molar-refractivity contribution in [2.24, 2.45) is 5.84 Å². The number of pyridine rings is 1. The van der Waals surface area contributed by atoms with Gasteiger partial charge in [-0.2, -0.15) is 0 Å². The van der Waals surface area contributed by atoms with Gasteiger partial charge in [0.1, 0.15) is 18.2 Å². The van der Waals surface area contributed by atoms with Gasteiger partial charge >= 0.3 is 0 Å². The van der Waals surface area contributed by atoms with Crippen LogP contribution in [-0.2, 0) is 6.61 Å². The molecule has 2 rings (SSSR count). The van der Waals surface area contributed by atoms with Crippen molar-refractivity contribution in [3.8, 4) is 5.75 Å². The minimum atomic E-state index is 0.424. The zero-order chi connectivity index (χ0) is 12.8. The zero-order valence-corrected chi connectivity index (χ0v) is 10.9. The van der Waals surface area contributed by atoms with Crippen molar-refractivity contribution >= 4 is 17.6 Å². The Hall–Kier alpha value is -1.72. The smallest absolute Gasteiger partial charge is 0.140 e. The molecule has 0 aliphatic heterocycles. The number of anilines is 1. The van der Waals surface area contributed by atoms with E-state index in [0.717, 1.165) is 16.3 Å². The van der Waals surface area contributed by atoms with Crippen LogP contribution in [0.2, 0.25) is 0 Å². The highest BCUT2D eigenvalue weighted by atomic mass is 32.2. The number of nitrogens with one attached hydrogen (secondary N) is 1. The van der Waals surface area contributed by atoms with Crippen LogP contribution >= 0.6 is 11.8 Å². The predicted molar refractivity (Wildman–Crippen MR) is 74.6 cm³/mol. The molecule has 0 atom stereocenters. The van der Waals surface area contributed by atoms with Gasteiger partial charge in [-0.3, -0.25) is 0 Å². The summed E-state index contributed by atoms with van der Waals surface area (Å²) in [5.41, 5.74) is 3.35. The number of nitrogen functional groups attached to an aromatic ring is 1. The predicted octanol–water partition coefficient (Wildman–Crippen LogP) is 2.67. The maximum Gasteiger partial charge on any atom is 0.140 e. The second-order valence-corrected chi connectivity index (χ2v) is 4.45. The molecule has 5 heteroatoms. The third kappa shape index (κ3) is 3.15. The summed E-state index contributed by atoms with van der Waals surface area (Å²) in [6, 6.07) is 13.5. The van der Waals surface area contributed by atoms with Gasteiger partial charge in [-0.1, -0.05) is 18.2 Å². The van der Waals surface area contributed by atoms with Crippen molar-refractivity contribution < 1.29 is 4.74 Å². The Morgan fingerprint density at radius 1 is 1.22 bits per heavy atom. The normalized spacial score (nSPS) is 10.1. The first-order valence-electron chi connectivity index (χ1n) is 5.52. The van der Waals surface area contributed by atoms with Crippen molar-refractivity contribution in [1.82, 2.24) is 4.98 Å². The fourth-order valence-electron chi connectivity index (χ4n) is 1.53. The molecule has 94 valence electrons. The van der Waals surface area contributed by atoms with Crippen molar-refractivity contribution in [2.75, 3.05) is 11.7 Å². The first kappa shape index (κ1) is 12.7. The quantitative estimate of drug-likeness (QED) is 0.492. The van der Waals surface area contributed by atoms with Gasteiger partial charge in [0.05, 0.1) is 5.69 Å². The van der Waals surface area contributed by atoms with Gasteiger partial charge in [0.15, 0.2) is 0 Å². The lowest BCUT2D eigenvalue weighted by Gasteiger charge is -2.09. The molecule has 3 N–H and O–H groups in total. The summed E-state index contributed by atoms with van der Waals surface area (Å²) in [6.45, 7) is 0.424. The van der Waals surface area contributed by atoms with E-state index in [9.17, 15) is 0 Å². The Morgan fingerprint density at radius 3 is 2.83 bits per heavy atom. The number of nitrogens with zero attached hydrogens (tertiary/aromatic N) is 1. The number of hydrogen-bond acceptors (Lipinski definition) is 5. The van der Waals surface area contributed by atoms with Crippen LogP contribution in [0, 0.1) is 0 Å². The van der Waals surface area contributed by atoms with Gasteiger partial charge in [-0.15, -0.1) is 11.8 Å². The number of thioether (sulfide) groups is 1. The molecule has 0 aliphatic rings. The van der Waals surface area contributed by atoms with Crippen LogP contribution in [0.5, 0.6) is 5.75 Å². The molecule has 18 heavy (non-hydrogen) atoms. The third-order valence-electron chi connectivity index (χ3n) is 2.40. The van der Waals surface area contributed by atoms with Crippen molar-refractivity contribution in [3.63, 3.8) is 0 Å². The summed E-state index contributed by atoms with van der Waals surface area (Å²) in [7, 11) is 0.